The van der Waals surface area contributed by atoms with Gasteiger partial charge in [-0.15, -0.1) is 0 Å². The number of amides is 1. The third-order valence-electron chi connectivity index (χ3n) is 3.18. The van der Waals surface area contributed by atoms with Crippen LogP contribution in [0.15, 0.2) is 53.5 Å². The van der Waals surface area contributed by atoms with E-state index in [1.165, 1.54) is 5.56 Å². The maximum absolute atomic E-state index is 10.6. The van der Waals surface area contributed by atoms with Gasteiger partial charge in [-0.25, -0.2) is 0 Å². The molecule has 1 amide bonds. The van der Waals surface area contributed by atoms with Crippen molar-refractivity contribution in [3.63, 3.8) is 0 Å². The SMILES string of the molecule is CC(C)c1ccc(N=Cc2ccc(OCC(N)=O)cc2)cc1. The lowest BCUT2D eigenvalue weighted by atomic mass is 10.0. The molecule has 0 aliphatic carbocycles. The summed E-state index contributed by atoms with van der Waals surface area (Å²) in [6.07, 6.45) is 1.79. The molecule has 2 aromatic rings. The second-order valence-corrected chi connectivity index (χ2v) is 5.33. The van der Waals surface area contributed by atoms with Crippen LogP contribution in [0.4, 0.5) is 5.69 Å². The number of nitrogens with zero attached hydrogens (tertiary/aromatic N) is 1. The summed E-state index contributed by atoms with van der Waals surface area (Å²) in [6.45, 7) is 4.22. The Morgan fingerprint density at radius 2 is 1.77 bits per heavy atom. The van der Waals surface area contributed by atoms with Crippen molar-refractivity contribution in [3.05, 3.63) is 59.7 Å². The van der Waals surface area contributed by atoms with Crippen LogP contribution in [0.5, 0.6) is 5.75 Å². The minimum atomic E-state index is -0.490. The summed E-state index contributed by atoms with van der Waals surface area (Å²) in [6, 6.07) is 15.5. The van der Waals surface area contributed by atoms with Gasteiger partial charge in [0.05, 0.1) is 5.69 Å². The average Bonchev–Trinajstić information content (AvgIpc) is 2.52. The predicted octanol–water partition coefficient (Wildman–Crippen LogP) is 3.42. The lowest BCUT2D eigenvalue weighted by Gasteiger charge is -2.04. The number of carbonyl (C=O) groups is 1. The highest BCUT2D eigenvalue weighted by molar-refractivity contribution is 5.82. The topological polar surface area (TPSA) is 64.7 Å². The molecular formula is C18H20N2O2. The molecule has 0 unspecified atom stereocenters. The normalized spacial score (nSPS) is 11.0. The van der Waals surface area contributed by atoms with Crippen LogP contribution in [0.1, 0.15) is 30.9 Å². The van der Waals surface area contributed by atoms with E-state index >= 15 is 0 Å². The first-order valence-corrected chi connectivity index (χ1v) is 7.20. The fraction of sp³-hybridized carbons (Fsp3) is 0.222. The van der Waals surface area contributed by atoms with Crippen LogP contribution in [-0.4, -0.2) is 18.7 Å². The first-order chi connectivity index (χ1) is 10.5. The van der Waals surface area contributed by atoms with E-state index in [9.17, 15) is 4.79 Å². The van der Waals surface area contributed by atoms with Crippen molar-refractivity contribution in [2.75, 3.05) is 6.61 Å². The molecule has 4 heteroatoms. The second kappa shape index (κ2) is 7.41. The van der Waals surface area contributed by atoms with Gasteiger partial charge in [-0.1, -0.05) is 26.0 Å². The van der Waals surface area contributed by atoms with Crippen LogP contribution < -0.4 is 10.5 Å². The number of ether oxygens (including phenoxy) is 1. The Bertz CT molecular complexity index is 644. The number of hydrogen-bond donors (Lipinski definition) is 1. The summed E-state index contributed by atoms with van der Waals surface area (Å²) in [5.41, 5.74) is 8.20. The van der Waals surface area contributed by atoms with Crippen LogP contribution in [0.25, 0.3) is 0 Å². The largest absolute Gasteiger partial charge is 0.484 e. The first kappa shape index (κ1) is 15.8. The van der Waals surface area contributed by atoms with Gasteiger partial charge in [0.15, 0.2) is 6.61 Å². The highest BCUT2D eigenvalue weighted by Gasteiger charge is 1.99. The van der Waals surface area contributed by atoms with Gasteiger partial charge >= 0.3 is 0 Å². The molecule has 0 saturated heterocycles. The fourth-order valence-corrected chi connectivity index (χ4v) is 1.90. The molecule has 4 nitrogen and oxygen atoms in total. The van der Waals surface area contributed by atoms with Gasteiger partial charge in [0.2, 0.25) is 0 Å². The van der Waals surface area contributed by atoms with E-state index < -0.39 is 5.91 Å². The summed E-state index contributed by atoms with van der Waals surface area (Å²) in [5, 5.41) is 0. The van der Waals surface area contributed by atoms with Crippen LogP contribution in [0, 0.1) is 0 Å². The molecule has 0 aliphatic rings. The van der Waals surface area contributed by atoms with Crippen LogP contribution in [0.3, 0.4) is 0 Å². The van der Waals surface area contributed by atoms with Crippen molar-refractivity contribution in [2.24, 2.45) is 10.7 Å². The molecule has 0 fully saturated rings. The Hall–Kier alpha value is -2.62. The highest BCUT2D eigenvalue weighted by Crippen LogP contribution is 2.19. The van der Waals surface area contributed by atoms with Crippen LogP contribution >= 0.6 is 0 Å². The minimum absolute atomic E-state index is 0.115. The standard InChI is InChI=1S/C18H20N2O2/c1-13(2)15-5-7-16(8-6-15)20-11-14-3-9-17(10-4-14)22-12-18(19)21/h3-11,13H,12H2,1-2H3,(H2,19,21). The summed E-state index contributed by atoms with van der Waals surface area (Å²) < 4.78 is 5.20. The third kappa shape index (κ3) is 4.74. The van der Waals surface area contributed by atoms with Crippen molar-refractivity contribution in [3.8, 4) is 5.75 Å². The molecule has 0 spiro atoms. The van der Waals surface area contributed by atoms with Crippen LogP contribution in [0.2, 0.25) is 0 Å². The van der Waals surface area contributed by atoms with E-state index in [2.05, 4.69) is 31.0 Å². The van der Waals surface area contributed by atoms with Crippen molar-refractivity contribution >= 4 is 17.8 Å². The molecule has 0 saturated carbocycles. The summed E-state index contributed by atoms with van der Waals surface area (Å²) in [7, 11) is 0. The Morgan fingerprint density at radius 1 is 1.14 bits per heavy atom. The van der Waals surface area contributed by atoms with Gasteiger partial charge in [0.25, 0.3) is 5.91 Å². The number of rotatable bonds is 6. The molecule has 114 valence electrons. The zero-order chi connectivity index (χ0) is 15.9. The van der Waals surface area contributed by atoms with Gasteiger partial charge in [0.1, 0.15) is 5.75 Å². The Labute approximate surface area is 130 Å². The molecule has 2 aromatic carbocycles. The Morgan fingerprint density at radius 3 is 2.32 bits per heavy atom. The monoisotopic (exact) mass is 296 g/mol. The molecule has 0 bridgehead atoms. The summed E-state index contributed by atoms with van der Waals surface area (Å²) >= 11 is 0. The van der Waals surface area contributed by atoms with Gasteiger partial charge in [-0.2, -0.15) is 0 Å². The lowest BCUT2D eigenvalue weighted by molar-refractivity contribution is -0.119. The van der Waals surface area contributed by atoms with Crippen molar-refractivity contribution in [1.29, 1.82) is 0 Å². The fourth-order valence-electron chi connectivity index (χ4n) is 1.90. The zero-order valence-corrected chi connectivity index (χ0v) is 12.8. The van der Waals surface area contributed by atoms with Crippen molar-refractivity contribution in [2.45, 2.75) is 19.8 Å². The maximum atomic E-state index is 10.6. The highest BCUT2D eigenvalue weighted by atomic mass is 16.5. The molecular weight excluding hydrogens is 276 g/mol. The minimum Gasteiger partial charge on any atom is -0.484 e. The van der Waals surface area contributed by atoms with E-state index in [-0.39, 0.29) is 6.61 Å². The maximum Gasteiger partial charge on any atom is 0.255 e. The molecule has 2 N–H and O–H groups in total. The number of hydrogen-bond acceptors (Lipinski definition) is 3. The lowest BCUT2D eigenvalue weighted by Crippen LogP contribution is -2.19. The zero-order valence-electron chi connectivity index (χ0n) is 12.8. The van der Waals surface area contributed by atoms with Crippen molar-refractivity contribution < 1.29 is 9.53 Å². The van der Waals surface area contributed by atoms with E-state index in [0.29, 0.717) is 11.7 Å². The van der Waals surface area contributed by atoms with E-state index in [1.807, 2.05) is 24.3 Å². The van der Waals surface area contributed by atoms with Crippen molar-refractivity contribution in [1.82, 2.24) is 0 Å². The number of benzene rings is 2. The number of aliphatic imine (C=N–C) groups is 1. The molecule has 0 aromatic heterocycles. The second-order valence-electron chi connectivity index (χ2n) is 5.33. The predicted molar refractivity (Wildman–Crippen MR) is 88.9 cm³/mol. The number of primary amides is 1. The van der Waals surface area contributed by atoms with Gasteiger partial charge < -0.3 is 10.5 Å². The smallest absolute Gasteiger partial charge is 0.255 e. The molecule has 0 aliphatic heterocycles. The number of carbonyl (C=O) groups excluding carboxylic acids is 1. The van der Waals surface area contributed by atoms with Crippen LogP contribution in [-0.2, 0) is 4.79 Å². The van der Waals surface area contributed by atoms with Gasteiger partial charge in [-0.05, 0) is 53.4 Å². The molecule has 0 heterocycles. The quantitative estimate of drug-likeness (QED) is 0.830. The summed E-state index contributed by atoms with van der Waals surface area (Å²) in [4.78, 5) is 15.1. The molecule has 0 atom stereocenters. The molecule has 22 heavy (non-hydrogen) atoms. The molecule has 2 rings (SSSR count). The Kier molecular flexibility index (Phi) is 5.31. The Balaban J connectivity index is 1.99. The first-order valence-electron chi connectivity index (χ1n) is 7.20. The van der Waals surface area contributed by atoms with E-state index in [1.54, 1.807) is 18.3 Å². The van der Waals surface area contributed by atoms with E-state index in [4.69, 9.17) is 10.5 Å². The molecule has 0 radical (unpaired) electrons. The third-order valence-corrected chi connectivity index (χ3v) is 3.18. The van der Waals surface area contributed by atoms with E-state index in [0.717, 1.165) is 11.3 Å². The van der Waals surface area contributed by atoms with Gasteiger partial charge in [0, 0.05) is 6.21 Å². The number of nitrogens with two attached hydrogens (primary N) is 1. The summed E-state index contributed by atoms with van der Waals surface area (Å²) in [5.74, 6) is 0.638. The average molecular weight is 296 g/mol. The van der Waals surface area contributed by atoms with Gasteiger partial charge in [-0.3, -0.25) is 9.79 Å².